The minimum absolute atomic E-state index is 0.0439. The standard InChI is InChI=1S/C11H19N3O/c1-7(2)5-6-14-11(15)9(12)10(13-14)8-3-4-8/h7-8,13H,3-6,12H2,1-2H3. The predicted molar refractivity (Wildman–Crippen MR) is 60.9 cm³/mol. The van der Waals surface area contributed by atoms with Gasteiger partial charge in [-0.05, 0) is 25.2 Å². The highest BCUT2D eigenvalue weighted by Crippen LogP contribution is 2.40. The third kappa shape index (κ3) is 2.08. The minimum atomic E-state index is -0.0439. The summed E-state index contributed by atoms with van der Waals surface area (Å²) in [6.45, 7) is 5.05. The van der Waals surface area contributed by atoms with Gasteiger partial charge in [0.15, 0.2) is 0 Å². The fourth-order valence-electron chi connectivity index (χ4n) is 1.74. The number of aromatic amines is 1. The Morgan fingerprint density at radius 3 is 2.73 bits per heavy atom. The molecule has 1 heterocycles. The molecule has 84 valence electrons. The number of hydrogen-bond donors (Lipinski definition) is 2. The van der Waals surface area contributed by atoms with Gasteiger partial charge >= 0.3 is 0 Å². The van der Waals surface area contributed by atoms with Crippen molar-refractivity contribution in [2.45, 2.75) is 45.6 Å². The molecule has 1 aliphatic carbocycles. The van der Waals surface area contributed by atoms with Gasteiger partial charge in [-0.1, -0.05) is 13.8 Å². The van der Waals surface area contributed by atoms with E-state index in [0.29, 0.717) is 17.5 Å². The lowest BCUT2D eigenvalue weighted by atomic mass is 10.1. The Morgan fingerprint density at radius 1 is 1.53 bits per heavy atom. The highest BCUT2D eigenvalue weighted by Gasteiger charge is 2.29. The molecule has 1 aromatic heterocycles. The van der Waals surface area contributed by atoms with E-state index in [4.69, 9.17) is 5.73 Å². The number of anilines is 1. The van der Waals surface area contributed by atoms with Crippen molar-refractivity contribution in [3.63, 3.8) is 0 Å². The maximum Gasteiger partial charge on any atom is 0.289 e. The summed E-state index contributed by atoms with van der Waals surface area (Å²) >= 11 is 0. The summed E-state index contributed by atoms with van der Waals surface area (Å²) in [5, 5.41) is 3.15. The molecule has 0 amide bonds. The van der Waals surface area contributed by atoms with Crippen molar-refractivity contribution in [3.05, 3.63) is 16.0 Å². The Hall–Kier alpha value is -1.19. The number of H-pyrrole nitrogens is 1. The van der Waals surface area contributed by atoms with Crippen LogP contribution in [-0.2, 0) is 6.54 Å². The van der Waals surface area contributed by atoms with E-state index in [1.807, 2.05) is 0 Å². The molecule has 0 saturated heterocycles. The van der Waals surface area contributed by atoms with Gasteiger partial charge in [0.05, 0.1) is 5.69 Å². The highest BCUT2D eigenvalue weighted by molar-refractivity contribution is 5.44. The molecule has 4 nitrogen and oxygen atoms in total. The smallest absolute Gasteiger partial charge is 0.289 e. The van der Waals surface area contributed by atoms with Crippen LogP contribution in [0.1, 0.15) is 44.7 Å². The molecule has 0 bridgehead atoms. The van der Waals surface area contributed by atoms with Crippen LogP contribution < -0.4 is 11.3 Å². The van der Waals surface area contributed by atoms with Crippen molar-refractivity contribution in [3.8, 4) is 0 Å². The number of nitrogens with zero attached hydrogens (tertiary/aromatic N) is 1. The van der Waals surface area contributed by atoms with Gasteiger partial charge in [-0.15, -0.1) is 0 Å². The second-order valence-electron chi connectivity index (χ2n) is 4.85. The largest absolute Gasteiger partial charge is 0.393 e. The van der Waals surface area contributed by atoms with E-state index in [1.54, 1.807) is 4.68 Å². The van der Waals surface area contributed by atoms with Crippen LogP contribution >= 0.6 is 0 Å². The van der Waals surface area contributed by atoms with Gasteiger partial charge in [0, 0.05) is 12.5 Å². The highest BCUT2D eigenvalue weighted by atomic mass is 16.1. The summed E-state index contributed by atoms with van der Waals surface area (Å²) in [6.07, 6.45) is 3.33. The molecule has 0 radical (unpaired) electrons. The zero-order valence-electron chi connectivity index (χ0n) is 9.42. The second-order valence-corrected chi connectivity index (χ2v) is 4.85. The average molecular weight is 209 g/mol. The Morgan fingerprint density at radius 2 is 2.20 bits per heavy atom. The Labute approximate surface area is 89.5 Å². The second kappa shape index (κ2) is 3.76. The van der Waals surface area contributed by atoms with Crippen molar-refractivity contribution in [1.29, 1.82) is 0 Å². The Balaban J connectivity index is 2.17. The topological polar surface area (TPSA) is 63.8 Å². The summed E-state index contributed by atoms with van der Waals surface area (Å²) in [4.78, 5) is 11.7. The van der Waals surface area contributed by atoms with E-state index in [2.05, 4.69) is 18.9 Å². The van der Waals surface area contributed by atoms with Crippen LogP contribution in [0.5, 0.6) is 0 Å². The summed E-state index contributed by atoms with van der Waals surface area (Å²) in [5.74, 6) is 1.11. The zero-order chi connectivity index (χ0) is 11.0. The number of nitrogens with one attached hydrogen (secondary N) is 1. The first-order chi connectivity index (χ1) is 7.09. The Kier molecular flexibility index (Phi) is 2.59. The molecule has 0 spiro atoms. The minimum Gasteiger partial charge on any atom is -0.393 e. The molecule has 1 saturated carbocycles. The number of rotatable bonds is 4. The monoisotopic (exact) mass is 209 g/mol. The fraction of sp³-hybridized carbons (Fsp3) is 0.727. The lowest BCUT2D eigenvalue weighted by molar-refractivity contribution is 0.477. The molecule has 2 rings (SSSR count). The van der Waals surface area contributed by atoms with Gasteiger partial charge in [0.25, 0.3) is 5.56 Å². The van der Waals surface area contributed by atoms with E-state index in [9.17, 15) is 4.79 Å². The van der Waals surface area contributed by atoms with Crippen LogP contribution in [0.4, 0.5) is 5.69 Å². The molecule has 1 aromatic rings. The van der Waals surface area contributed by atoms with Gasteiger partial charge in [0.1, 0.15) is 5.69 Å². The number of aromatic nitrogens is 2. The van der Waals surface area contributed by atoms with Crippen LogP contribution in [0.25, 0.3) is 0 Å². The molecule has 1 aliphatic rings. The van der Waals surface area contributed by atoms with E-state index in [1.165, 1.54) is 0 Å². The molecule has 0 aromatic carbocycles. The SMILES string of the molecule is CC(C)CCn1[nH]c(C2CC2)c(N)c1=O. The summed E-state index contributed by atoms with van der Waals surface area (Å²) in [6, 6.07) is 0. The quantitative estimate of drug-likeness (QED) is 0.792. The molecule has 1 fully saturated rings. The van der Waals surface area contributed by atoms with Crippen molar-refractivity contribution < 1.29 is 0 Å². The lowest BCUT2D eigenvalue weighted by Crippen LogP contribution is -2.19. The van der Waals surface area contributed by atoms with Gasteiger partial charge in [-0.25, -0.2) is 0 Å². The van der Waals surface area contributed by atoms with E-state index < -0.39 is 0 Å². The zero-order valence-corrected chi connectivity index (χ0v) is 9.42. The van der Waals surface area contributed by atoms with Crippen LogP contribution in [0, 0.1) is 5.92 Å². The van der Waals surface area contributed by atoms with Gasteiger partial charge < -0.3 is 5.73 Å². The number of nitrogen functional groups attached to an aromatic ring is 1. The van der Waals surface area contributed by atoms with Gasteiger partial charge in [0.2, 0.25) is 0 Å². The first-order valence-corrected chi connectivity index (χ1v) is 5.67. The molecule has 4 heteroatoms. The Bertz CT molecular complexity index is 398. The number of aryl methyl sites for hydroxylation is 1. The predicted octanol–water partition coefficient (Wildman–Crippen LogP) is 1.68. The van der Waals surface area contributed by atoms with E-state index in [0.717, 1.165) is 31.5 Å². The van der Waals surface area contributed by atoms with Gasteiger partial charge in [-0.2, -0.15) is 0 Å². The third-order valence-corrected chi connectivity index (χ3v) is 2.94. The normalized spacial score (nSPS) is 16.2. The molecule has 0 unspecified atom stereocenters. The molecular weight excluding hydrogens is 190 g/mol. The van der Waals surface area contributed by atoms with E-state index >= 15 is 0 Å². The van der Waals surface area contributed by atoms with Crippen molar-refractivity contribution in [2.24, 2.45) is 5.92 Å². The molecular formula is C11H19N3O. The van der Waals surface area contributed by atoms with Crippen LogP contribution in [0.3, 0.4) is 0 Å². The van der Waals surface area contributed by atoms with Crippen LogP contribution in [0.2, 0.25) is 0 Å². The summed E-state index contributed by atoms with van der Waals surface area (Å²) < 4.78 is 1.66. The average Bonchev–Trinajstić information content (AvgIpc) is 2.96. The fourth-order valence-corrected chi connectivity index (χ4v) is 1.74. The maximum atomic E-state index is 11.7. The molecule has 3 N–H and O–H groups in total. The maximum absolute atomic E-state index is 11.7. The summed E-state index contributed by atoms with van der Waals surface area (Å²) in [5.41, 5.74) is 7.14. The van der Waals surface area contributed by atoms with Crippen molar-refractivity contribution >= 4 is 5.69 Å². The lowest BCUT2D eigenvalue weighted by Gasteiger charge is -2.04. The molecule has 15 heavy (non-hydrogen) atoms. The number of hydrogen-bond acceptors (Lipinski definition) is 2. The van der Waals surface area contributed by atoms with Crippen molar-refractivity contribution in [1.82, 2.24) is 9.78 Å². The van der Waals surface area contributed by atoms with E-state index in [-0.39, 0.29) is 5.56 Å². The molecule has 0 aliphatic heterocycles. The number of nitrogens with two attached hydrogens (primary N) is 1. The van der Waals surface area contributed by atoms with Gasteiger partial charge in [-0.3, -0.25) is 14.6 Å². The third-order valence-electron chi connectivity index (χ3n) is 2.94. The summed E-state index contributed by atoms with van der Waals surface area (Å²) in [7, 11) is 0. The van der Waals surface area contributed by atoms with Crippen LogP contribution in [-0.4, -0.2) is 9.78 Å². The van der Waals surface area contributed by atoms with Crippen LogP contribution in [0.15, 0.2) is 4.79 Å². The van der Waals surface area contributed by atoms with Crippen molar-refractivity contribution in [2.75, 3.05) is 5.73 Å². The first kappa shape index (κ1) is 10.3. The first-order valence-electron chi connectivity index (χ1n) is 5.67. The molecule has 0 atom stereocenters.